The Kier molecular flexibility index (Phi) is 7.98. The lowest BCUT2D eigenvalue weighted by molar-refractivity contribution is 0.156. The van der Waals surface area contributed by atoms with E-state index in [4.69, 9.17) is 5.73 Å². The number of nitrogens with two attached hydrogens (primary N) is 1. The molecule has 0 fully saturated rings. The number of aryl methyl sites for hydroxylation is 1. The molecule has 1 rings (SSSR count). The van der Waals surface area contributed by atoms with E-state index in [0.29, 0.717) is 12.0 Å². The fraction of sp³-hybridized carbons (Fsp3) is 0.684. The van der Waals surface area contributed by atoms with Crippen LogP contribution in [0.5, 0.6) is 0 Å². The average molecular weight is 290 g/mol. The Bertz CT molecular complexity index is 379. The molecular weight excluding hydrogens is 256 g/mol. The Morgan fingerprint density at radius 2 is 1.52 bits per heavy atom. The largest absolute Gasteiger partial charge is 0.323 e. The van der Waals surface area contributed by atoms with Gasteiger partial charge in [-0.25, -0.2) is 0 Å². The molecule has 1 atom stereocenters. The molecule has 2 heteroatoms. The highest BCUT2D eigenvalue weighted by atomic mass is 15.2. The van der Waals surface area contributed by atoms with Crippen LogP contribution in [0.3, 0.4) is 0 Å². The normalized spacial score (nSPS) is 13.4. The van der Waals surface area contributed by atoms with E-state index >= 15 is 0 Å². The molecule has 0 bridgehead atoms. The minimum absolute atomic E-state index is 0.107. The monoisotopic (exact) mass is 290 g/mol. The molecule has 0 amide bonds. The van der Waals surface area contributed by atoms with Crippen LogP contribution in [0.1, 0.15) is 64.6 Å². The maximum absolute atomic E-state index is 6.47. The van der Waals surface area contributed by atoms with Crippen molar-refractivity contribution < 1.29 is 0 Å². The van der Waals surface area contributed by atoms with E-state index in [1.807, 2.05) is 0 Å². The van der Waals surface area contributed by atoms with Gasteiger partial charge in [0.2, 0.25) is 0 Å². The number of hydrogen-bond acceptors (Lipinski definition) is 2. The van der Waals surface area contributed by atoms with Crippen LogP contribution in [-0.4, -0.2) is 24.0 Å². The minimum Gasteiger partial charge on any atom is -0.323 e. The first-order valence-electron chi connectivity index (χ1n) is 8.60. The Labute approximate surface area is 131 Å². The molecule has 120 valence electrons. The lowest BCUT2D eigenvalue weighted by atomic mass is 10.0. The Balaban J connectivity index is 2.75. The Morgan fingerprint density at radius 3 is 1.95 bits per heavy atom. The molecular formula is C19H34N2. The maximum atomic E-state index is 6.47. The Hall–Kier alpha value is -0.860. The quantitative estimate of drug-likeness (QED) is 0.730. The van der Waals surface area contributed by atoms with Crippen LogP contribution in [0.2, 0.25) is 0 Å². The molecule has 0 radical (unpaired) electrons. The maximum Gasteiger partial charge on any atom is 0.0424 e. The summed E-state index contributed by atoms with van der Waals surface area (Å²) in [4.78, 5) is 2.59. The summed E-state index contributed by atoms with van der Waals surface area (Å²) in [6.45, 7) is 13.4. The molecule has 1 aromatic carbocycles. The van der Waals surface area contributed by atoms with Gasteiger partial charge in [-0.2, -0.15) is 0 Å². The fourth-order valence-electron chi connectivity index (χ4n) is 3.01. The number of hydrogen-bond donors (Lipinski definition) is 1. The van der Waals surface area contributed by atoms with Crippen molar-refractivity contribution in [1.29, 1.82) is 0 Å². The smallest absolute Gasteiger partial charge is 0.0424 e. The molecule has 0 saturated heterocycles. The summed E-state index contributed by atoms with van der Waals surface area (Å²) in [5, 5.41) is 0. The standard InChI is InChI=1S/C19H34N2/c1-6-16-9-11-17(12-10-16)19(20)14-21(13-15(4)5)18(7-2)8-3/h9-12,15,18-19H,6-8,13-14,20H2,1-5H3. The zero-order valence-electron chi connectivity index (χ0n) is 14.6. The van der Waals surface area contributed by atoms with Crippen LogP contribution in [0.4, 0.5) is 0 Å². The predicted octanol–water partition coefficient (Wildman–Crippen LogP) is 4.40. The molecule has 2 nitrogen and oxygen atoms in total. The van der Waals surface area contributed by atoms with Crippen molar-refractivity contribution in [3.63, 3.8) is 0 Å². The zero-order chi connectivity index (χ0) is 15.8. The van der Waals surface area contributed by atoms with Crippen molar-refractivity contribution in [3.05, 3.63) is 35.4 Å². The van der Waals surface area contributed by atoms with Crippen molar-refractivity contribution in [3.8, 4) is 0 Å². The SMILES string of the molecule is CCc1ccc(C(N)CN(CC(C)C)C(CC)CC)cc1. The summed E-state index contributed by atoms with van der Waals surface area (Å²) in [6, 6.07) is 9.56. The van der Waals surface area contributed by atoms with Gasteiger partial charge in [-0.1, -0.05) is 58.9 Å². The highest BCUT2D eigenvalue weighted by Crippen LogP contribution is 2.18. The number of nitrogens with zero attached hydrogens (tertiary/aromatic N) is 1. The van der Waals surface area contributed by atoms with Crippen LogP contribution in [0, 0.1) is 5.92 Å². The van der Waals surface area contributed by atoms with Crippen molar-refractivity contribution in [2.45, 2.75) is 66.0 Å². The van der Waals surface area contributed by atoms with E-state index in [0.717, 1.165) is 19.5 Å². The molecule has 0 saturated carbocycles. The van der Waals surface area contributed by atoms with Gasteiger partial charge in [0.25, 0.3) is 0 Å². The third kappa shape index (κ3) is 5.80. The molecule has 0 aromatic heterocycles. The van der Waals surface area contributed by atoms with E-state index in [1.54, 1.807) is 0 Å². The van der Waals surface area contributed by atoms with E-state index in [-0.39, 0.29) is 6.04 Å². The lowest BCUT2D eigenvalue weighted by Gasteiger charge is -2.34. The van der Waals surface area contributed by atoms with Crippen LogP contribution in [0.25, 0.3) is 0 Å². The van der Waals surface area contributed by atoms with Crippen LogP contribution >= 0.6 is 0 Å². The molecule has 0 aliphatic carbocycles. The molecule has 1 unspecified atom stereocenters. The van der Waals surface area contributed by atoms with Crippen LogP contribution in [-0.2, 0) is 6.42 Å². The molecule has 2 N–H and O–H groups in total. The Morgan fingerprint density at radius 1 is 0.952 bits per heavy atom. The second-order valence-corrected chi connectivity index (χ2v) is 6.52. The molecule has 1 aromatic rings. The van der Waals surface area contributed by atoms with E-state index in [9.17, 15) is 0 Å². The fourth-order valence-corrected chi connectivity index (χ4v) is 3.01. The van der Waals surface area contributed by atoms with Gasteiger partial charge >= 0.3 is 0 Å². The molecule has 0 spiro atoms. The highest BCUT2D eigenvalue weighted by molar-refractivity contribution is 5.25. The number of rotatable bonds is 9. The summed E-state index contributed by atoms with van der Waals surface area (Å²) in [5.41, 5.74) is 9.10. The van der Waals surface area contributed by atoms with Gasteiger partial charge in [-0.05, 0) is 36.3 Å². The first kappa shape index (κ1) is 18.2. The predicted molar refractivity (Wildman–Crippen MR) is 93.5 cm³/mol. The minimum atomic E-state index is 0.107. The second-order valence-electron chi connectivity index (χ2n) is 6.52. The summed E-state index contributed by atoms with van der Waals surface area (Å²) in [6.07, 6.45) is 3.48. The van der Waals surface area contributed by atoms with Gasteiger partial charge in [0, 0.05) is 25.2 Å². The highest BCUT2D eigenvalue weighted by Gasteiger charge is 2.19. The van der Waals surface area contributed by atoms with Gasteiger partial charge in [-0.3, -0.25) is 4.90 Å². The molecule has 0 aliphatic rings. The first-order valence-corrected chi connectivity index (χ1v) is 8.60. The number of benzene rings is 1. The molecule has 21 heavy (non-hydrogen) atoms. The van der Waals surface area contributed by atoms with Crippen molar-refractivity contribution in [2.24, 2.45) is 11.7 Å². The van der Waals surface area contributed by atoms with Crippen molar-refractivity contribution in [1.82, 2.24) is 4.90 Å². The van der Waals surface area contributed by atoms with Gasteiger partial charge < -0.3 is 5.73 Å². The zero-order valence-corrected chi connectivity index (χ0v) is 14.6. The van der Waals surface area contributed by atoms with Gasteiger partial charge in [-0.15, -0.1) is 0 Å². The topological polar surface area (TPSA) is 29.3 Å². The lowest BCUT2D eigenvalue weighted by Crippen LogP contribution is -2.41. The van der Waals surface area contributed by atoms with Gasteiger partial charge in [0.05, 0.1) is 0 Å². The van der Waals surface area contributed by atoms with E-state index < -0.39 is 0 Å². The summed E-state index contributed by atoms with van der Waals surface area (Å²) < 4.78 is 0. The summed E-state index contributed by atoms with van der Waals surface area (Å²) in [5.74, 6) is 0.681. The van der Waals surface area contributed by atoms with Crippen LogP contribution < -0.4 is 5.73 Å². The molecule has 0 heterocycles. The average Bonchev–Trinajstić information content (AvgIpc) is 2.47. The van der Waals surface area contributed by atoms with Gasteiger partial charge in [0.1, 0.15) is 0 Å². The summed E-state index contributed by atoms with van der Waals surface area (Å²) in [7, 11) is 0. The van der Waals surface area contributed by atoms with Crippen molar-refractivity contribution in [2.75, 3.05) is 13.1 Å². The summed E-state index contributed by atoms with van der Waals surface area (Å²) >= 11 is 0. The van der Waals surface area contributed by atoms with E-state index in [2.05, 4.69) is 63.8 Å². The molecule has 0 aliphatic heterocycles. The van der Waals surface area contributed by atoms with Gasteiger partial charge in [0.15, 0.2) is 0 Å². The van der Waals surface area contributed by atoms with E-state index in [1.165, 1.54) is 24.0 Å². The second kappa shape index (κ2) is 9.22. The third-order valence-electron chi connectivity index (χ3n) is 4.31. The van der Waals surface area contributed by atoms with Crippen LogP contribution in [0.15, 0.2) is 24.3 Å². The third-order valence-corrected chi connectivity index (χ3v) is 4.31. The van der Waals surface area contributed by atoms with Crippen molar-refractivity contribution >= 4 is 0 Å². The first-order chi connectivity index (χ1) is 10.0.